The molecule has 3 aromatic carbocycles. The number of rotatable bonds is 4. The first-order valence-corrected chi connectivity index (χ1v) is 14.9. The minimum atomic E-state index is -4.06. The number of anilines is 2. The summed E-state index contributed by atoms with van der Waals surface area (Å²) in [6.45, 7) is 3.46. The van der Waals surface area contributed by atoms with Crippen LogP contribution in [0.3, 0.4) is 0 Å². The van der Waals surface area contributed by atoms with Crippen LogP contribution in [0, 0.1) is 13.8 Å². The predicted octanol–water partition coefficient (Wildman–Crippen LogP) is 3.66. The van der Waals surface area contributed by atoms with Crippen LogP contribution in [0.25, 0.3) is 22.1 Å². The molecular weight excluding hydrogens is 533 g/mol. The molecule has 0 saturated carbocycles. The Kier molecular flexibility index (Phi) is 5.40. The second-order valence-corrected chi connectivity index (χ2v) is 13.0. The molecule has 6 rings (SSSR count). The van der Waals surface area contributed by atoms with Gasteiger partial charge in [-0.25, -0.2) is 35.4 Å². The minimum absolute atomic E-state index is 0.0578. The Hall–Kier alpha value is -3.68. The molecule has 0 aliphatic carbocycles. The first kappa shape index (κ1) is 23.7. The monoisotopic (exact) mass is 552 g/mol. The summed E-state index contributed by atoms with van der Waals surface area (Å²) in [7, 11) is -8.11. The smallest absolute Gasteiger partial charge is 0.245 e. The van der Waals surface area contributed by atoms with Crippen molar-refractivity contribution in [2.75, 3.05) is 21.7 Å². The van der Waals surface area contributed by atoms with Crippen molar-refractivity contribution < 1.29 is 16.8 Å². The van der Waals surface area contributed by atoms with Gasteiger partial charge in [-0.3, -0.25) is 0 Å². The summed E-state index contributed by atoms with van der Waals surface area (Å²) in [4.78, 5) is 9.44. The summed E-state index contributed by atoms with van der Waals surface area (Å²) in [6.07, 6.45) is 0. The van der Waals surface area contributed by atoms with Crippen LogP contribution in [0.2, 0.25) is 0 Å². The molecule has 2 aromatic heterocycles. The highest BCUT2D eigenvalue weighted by Gasteiger charge is 2.39. The second kappa shape index (κ2) is 8.43. The third-order valence-corrected chi connectivity index (χ3v) is 10.4. The fourth-order valence-corrected chi connectivity index (χ4v) is 7.57. The Morgan fingerprint density at radius 2 is 1.11 bits per heavy atom. The average molecular weight is 553 g/mol. The van der Waals surface area contributed by atoms with Crippen LogP contribution in [-0.4, -0.2) is 48.6 Å². The molecule has 0 amide bonds. The van der Waals surface area contributed by atoms with Crippen molar-refractivity contribution in [3.8, 4) is 0 Å². The molecule has 0 unspecified atom stereocenters. The van der Waals surface area contributed by atoms with E-state index in [2.05, 4.69) is 18.7 Å². The maximum Gasteiger partial charge on any atom is 0.265 e. The van der Waals surface area contributed by atoms with Crippen LogP contribution < -0.4 is 8.61 Å². The highest BCUT2D eigenvalue weighted by molar-refractivity contribution is 7.93. The van der Waals surface area contributed by atoms with E-state index < -0.39 is 20.0 Å². The third kappa shape index (κ3) is 3.81. The van der Waals surface area contributed by atoms with Gasteiger partial charge in [0, 0.05) is 0 Å². The summed E-state index contributed by atoms with van der Waals surface area (Å²) in [5.74, 6) is -0.131. The van der Waals surface area contributed by atoms with Gasteiger partial charge >= 0.3 is 0 Å². The van der Waals surface area contributed by atoms with Crippen molar-refractivity contribution in [3.63, 3.8) is 0 Å². The van der Waals surface area contributed by atoms with E-state index in [1.54, 1.807) is 36.4 Å². The van der Waals surface area contributed by atoms with Gasteiger partial charge in [0.05, 0.1) is 40.1 Å². The third-order valence-electron chi connectivity index (χ3n) is 6.22. The predicted molar refractivity (Wildman–Crippen MR) is 142 cm³/mol. The van der Waals surface area contributed by atoms with Gasteiger partial charge in [-0.15, -0.1) is 0 Å². The number of benzene rings is 3. The van der Waals surface area contributed by atoms with E-state index in [0.717, 1.165) is 31.5 Å². The Morgan fingerprint density at radius 3 is 1.65 bits per heavy atom. The largest absolute Gasteiger partial charge is 0.265 e. The van der Waals surface area contributed by atoms with Crippen molar-refractivity contribution in [1.82, 2.24) is 18.7 Å². The van der Waals surface area contributed by atoms with Gasteiger partial charge in [-0.1, -0.05) is 35.4 Å². The van der Waals surface area contributed by atoms with E-state index in [9.17, 15) is 16.8 Å². The lowest BCUT2D eigenvalue weighted by molar-refractivity contribution is 0.580. The molecule has 0 fully saturated rings. The van der Waals surface area contributed by atoms with Gasteiger partial charge in [0.25, 0.3) is 20.0 Å². The normalized spacial score (nSPS) is 14.3. The van der Waals surface area contributed by atoms with E-state index in [-0.39, 0.29) is 34.5 Å². The van der Waals surface area contributed by atoms with Gasteiger partial charge in [0.1, 0.15) is 16.6 Å². The van der Waals surface area contributed by atoms with Crippen molar-refractivity contribution in [2.24, 2.45) is 0 Å². The lowest BCUT2D eigenvalue weighted by Crippen LogP contribution is -2.47. The number of sulfonamides is 2. The number of nitrogens with zero attached hydrogens (tertiary/aromatic N) is 6. The zero-order valence-corrected chi connectivity index (χ0v) is 22.2. The van der Waals surface area contributed by atoms with Crippen LogP contribution in [0.5, 0.6) is 0 Å². The summed E-state index contributed by atoms with van der Waals surface area (Å²) >= 11 is 1.01. The molecule has 0 N–H and O–H groups in total. The highest BCUT2D eigenvalue weighted by atomic mass is 32.2. The highest BCUT2D eigenvalue weighted by Crippen LogP contribution is 2.38. The van der Waals surface area contributed by atoms with Gasteiger partial charge in [0.2, 0.25) is 0 Å². The van der Waals surface area contributed by atoms with Crippen molar-refractivity contribution in [1.29, 1.82) is 0 Å². The van der Waals surface area contributed by atoms with Crippen molar-refractivity contribution in [2.45, 2.75) is 23.6 Å². The lowest BCUT2D eigenvalue weighted by Gasteiger charge is -2.35. The summed E-state index contributed by atoms with van der Waals surface area (Å²) in [5, 5.41) is 0. The SMILES string of the molecule is Cc1ccc(S(=O)(=O)N2CCN(S(=O)(=O)c3ccc(C)cc3)c3nc4c(ccc5nsnc54)nc32)cc1. The van der Waals surface area contributed by atoms with Crippen molar-refractivity contribution in [3.05, 3.63) is 71.8 Å². The Labute approximate surface area is 217 Å². The molecule has 1 aliphatic heterocycles. The summed E-state index contributed by atoms with van der Waals surface area (Å²) in [5.41, 5.74) is 3.64. The lowest BCUT2D eigenvalue weighted by atomic mass is 10.2. The molecular formula is C24H20N6O4S3. The molecule has 1 aliphatic rings. The molecule has 0 saturated heterocycles. The average Bonchev–Trinajstić information content (AvgIpc) is 3.37. The van der Waals surface area contributed by atoms with Crippen LogP contribution in [0.1, 0.15) is 11.1 Å². The molecule has 3 heterocycles. The van der Waals surface area contributed by atoms with Crippen LogP contribution in [0.15, 0.2) is 70.5 Å². The zero-order chi connectivity index (χ0) is 25.9. The second-order valence-electron chi connectivity index (χ2n) is 8.72. The molecule has 10 nitrogen and oxygen atoms in total. The molecule has 188 valence electrons. The Morgan fingerprint density at radius 1 is 0.622 bits per heavy atom. The fourth-order valence-electron chi connectivity index (χ4n) is 4.22. The standard InChI is InChI=1S/C24H20N6O4S3/c1-15-3-7-17(8-4-15)36(31,32)29-13-14-30(37(33,34)18-9-5-16(2)6-10-18)24-23(29)25-19-11-12-20-22(21(19)26-24)28-35-27-20/h3-12H,13-14H2,1-2H3. The number of hydrogen-bond donors (Lipinski definition) is 0. The van der Waals surface area contributed by atoms with Crippen LogP contribution in [-0.2, 0) is 20.0 Å². The van der Waals surface area contributed by atoms with Crippen molar-refractivity contribution >= 4 is 65.5 Å². The first-order valence-electron chi connectivity index (χ1n) is 11.3. The van der Waals surface area contributed by atoms with Crippen LogP contribution in [0.4, 0.5) is 11.6 Å². The molecule has 13 heteroatoms. The molecule has 0 bridgehead atoms. The number of aromatic nitrogens is 4. The maximum atomic E-state index is 13.7. The van der Waals surface area contributed by atoms with Crippen LogP contribution >= 0.6 is 11.7 Å². The fraction of sp³-hybridized carbons (Fsp3) is 0.167. The van der Waals surface area contributed by atoms with Gasteiger partial charge < -0.3 is 0 Å². The number of hydrogen-bond acceptors (Lipinski definition) is 9. The Bertz CT molecular complexity index is 1890. The molecule has 0 atom stereocenters. The maximum absolute atomic E-state index is 13.7. The molecule has 5 aromatic rings. The van der Waals surface area contributed by atoms with E-state index >= 15 is 0 Å². The Balaban J connectivity index is 1.59. The quantitative estimate of drug-likeness (QED) is 0.331. The number of aryl methyl sites for hydroxylation is 2. The van der Waals surface area contributed by atoms with E-state index in [1.807, 2.05) is 13.8 Å². The van der Waals surface area contributed by atoms with Gasteiger partial charge in [-0.2, -0.15) is 8.75 Å². The zero-order valence-electron chi connectivity index (χ0n) is 19.7. The first-order chi connectivity index (χ1) is 17.7. The van der Waals surface area contributed by atoms with E-state index in [4.69, 9.17) is 0 Å². The molecule has 0 spiro atoms. The topological polar surface area (TPSA) is 126 Å². The number of fused-ring (bicyclic) bond motifs is 4. The van der Waals surface area contributed by atoms with Gasteiger partial charge in [-0.05, 0) is 50.2 Å². The van der Waals surface area contributed by atoms with Gasteiger partial charge in [0.15, 0.2) is 11.6 Å². The summed E-state index contributed by atoms with van der Waals surface area (Å²) in [6, 6.07) is 16.4. The summed E-state index contributed by atoms with van der Waals surface area (Å²) < 4.78 is 65.7. The molecule has 37 heavy (non-hydrogen) atoms. The minimum Gasteiger partial charge on any atom is -0.245 e. The van der Waals surface area contributed by atoms with E-state index in [0.29, 0.717) is 22.1 Å². The van der Waals surface area contributed by atoms with E-state index in [1.165, 1.54) is 24.3 Å². The molecule has 0 radical (unpaired) electrons.